The molecule has 1 aromatic heterocycles. The number of rotatable bonds is 4. The monoisotopic (exact) mass is 531 g/mol. The summed E-state index contributed by atoms with van der Waals surface area (Å²) in [5.74, 6) is -4.70. The highest BCUT2D eigenvalue weighted by atomic mass is 19.2. The fourth-order valence-corrected chi connectivity index (χ4v) is 4.48. The molecule has 2 aromatic carbocycles. The largest absolute Gasteiger partial charge is 0.387 e. The molecular weight excluding hydrogens is 507 g/mol. The van der Waals surface area contributed by atoms with Gasteiger partial charge in [-0.25, -0.2) is 17.9 Å². The molecule has 0 unspecified atom stereocenters. The lowest BCUT2D eigenvalue weighted by Crippen LogP contribution is -2.62. The molecule has 3 aromatic rings. The summed E-state index contributed by atoms with van der Waals surface area (Å²) in [6.45, 7) is 1.61. The Morgan fingerprint density at radius 2 is 1.87 bits per heavy atom. The molecule has 3 heterocycles. The van der Waals surface area contributed by atoms with Crippen molar-refractivity contribution in [3.63, 3.8) is 0 Å². The van der Waals surface area contributed by atoms with Crippen molar-refractivity contribution in [3.05, 3.63) is 71.7 Å². The van der Waals surface area contributed by atoms with E-state index in [1.807, 2.05) is 30.3 Å². The van der Waals surface area contributed by atoms with Crippen LogP contribution in [0.1, 0.15) is 24.8 Å². The summed E-state index contributed by atoms with van der Waals surface area (Å²) in [6.07, 6.45) is -3.94. The number of aliphatic hydroxyl groups is 1. The molecule has 0 bridgehead atoms. The van der Waals surface area contributed by atoms with E-state index >= 15 is 0 Å². The van der Waals surface area contributed by atoms with Crippen LogP contribution in [-0.4, -0.2) is 69.9 Å². The molecule has 1 amide bonds. The van der Waals surface area contributed by atoms with Crippen LogP contribution < -0.4 is 5.32 Å². The van der Waals surface area contributed by atoms with Crippen LogP contribution in [0, 0.1) is 17.5 Å². The molecule has 6 atom stereocenters. The second kappa shape index (κ2) is 10.6. The third-order valence-electron chi connectivity index (χ3n) is 6.44. The fourth-order valence-electron chi connectivity index (χ4n) is 4.48. The number of amidine groups is 1. The number of ether oxygens (including phenoxy) is 3. The van der Waals surface area contributed by atoms with Gasteiger partial charge in [0.2, 0.25) is 0 Å². The number of nitrogens with zero attached hydrogens (tertiary/aromatic N) is 4. The molecule has 5 rings (SSSR count). The summed E-state index contributed by atoms with van der Waals surface area (Å²) >= 11 is 0. The predicted octanol–water partition coefficient (Wildman–Crippen LogP) is 2.31. The highest BCUT2D eigenvalue weighted by Gasteiger charge is 2.53. The number of carbonyl (C=O) groups excluding carboxylic acids is 1. The van der Waals surface area contributed by atoms with E-state index in [4.69, 9.17) is 14.2 Å². The molecule has 13 heteroatoms. The van der Waals surface area contributed by atoms with Gasteiger partial charge in [-0.3, -0.25) is 9.79 Å². The van der Waals surface area contributed by atoms with Gasteiger partial charge < -0.3 is 24.6 Å². The molecule has 2 saturated heterocycles. The SMILES string of the molecule is CN=C(C)NC(=O)[C@@H]1O[C@@H]2CO[C@H](c3ccccc3)O[C@@H]2[C@H](n2cc(-c3cc(F)c(F)c(F)c3)nn2)[C@H]1O. The third kappa shape index (κ3) is 4.92. The summed E-state index contributed by atoms with van der Waals surface area (Å²) in [4.78, 5) is 16.8. The zero-order chi connectivity index (χ0) is 27.0. The Morgan fingerprint density at radius 3 is 2.55 bits per heavy atom. The molecule has 0 saturated carbocycles. The van der Waals surface area contributed by atoms with Crippen LogP contribution in [0.3, 0.4) is 0 Å². The topological polar surface area (TPSA) is 120 Å². The number of nitrogens with one attached hydrogen (secondary N) is 1. The number of aromatic nitrogens is 3. The van der Waals surface area contributed by atoms with Crippen molar-refractivity contribution < 1.29 is 37.3 Å². The van der Waals surface area contributed by atoms with Crippen molar-refractivity contribution in [1.82, 2.24) is 20.3 Å². The Hall–Kier alpha value is -3.65. The van der Waals surface area contributed by atoms with Gasteiger partial charge in [0.25, 0.3) is 5.91 Å². The van der Waals surface area contributed by atoms with Crippen molar-refractivity contribution in [1.29, 1.82) is 0 Å². The normalized spacial score (nSPS) is 27.6. The van der Waals surface area contributed by atoms with Gasteiger partial charge in [0.05, 0.1) is 18.6 Å². The van der Waals surface area contributed by atoms with Crippen LogP contribution in [0.25, 0.3) is 11.3 Å². The number of benzene rings is 2. The van der Waals surface area contributed by atoms with Gasteiger partial charge in [0.1, 0.15) is 30.0 Å². The number of aliphatic hydroxyl groups excluding tert-OH is 1. The lowest BCUT2D eigenvalue weighted by atomic mass is 9.91. The first-order valence-corrected chi connectivity index (χ1v) is 11.7. The fraction of sp³-hybridized carbons (Fsp3) is 0.360. The minimum absolute atomic E-state index is 0.0136. The van der Waals surface area contributed by atoms with Crippen molar-refractivity contribution in [2.45, 2.75) is 43.7 Å². The number of hydrogen-bond donors (Lipinski definition) is 2. The van der Waals surface area contributed by atoms with Crippen molar-refractivity contribution in [2.75, 3.05) is 13.7 Å². The Kier molecular flexibility index (Phi) is 7.25. The molecule has 0 radical (unpaired) electrons. The number of halogens is 3. The summed E-state index contributed by atoms with van der Waals surface area (Å²) in [5.41, 5.74) is 0.676. The van der Waals surface area contributed by atoms with Gasteiger partial charge in [0.15, 0.2) is 29.8 Å². The first-order chi connectivity index (χ1) is 18.3. The standard InChI is InChI=1S/C25H24F3N5O5/c1-12(29-2)30-24(35)23-21(34)20(22-18(37-23)11-36-25(38-22)13-6-4-3-5-7-13)33-10-17(31-32-33)14-8-15(26)19(28)16(27)9-14/h3-10,18,20-23,25,34H,11H2,1-2H3,(H,29,30,35)/t18-,20-,21-,22+,23-,25+/m1/s1. The van der Waals surface area contributed by atoms with Gasteiger partial charge in [-0.15, -0.1) is 5.10 Å². The lowest BCUT2D eigenvalue weighted by molar-refractivity contribution is -0.312. The smallest absolute Gasteiger partial charge is 0.257 e. The van der Waals surface area contributed by atoms with E-state index in [2.05, 4.69) is 20.6 Å². The summed E-state index contributed by atoms with van der Waals surface area (Å²) in [5, 5.41) is 21.9. The zero-order valence-corrected chi connectivity index (χ0v) is 20.3. The van der Waals surface area contributed by atoms with Crippen LogP contribution in [0.4, 0.5) is 13.2 Å². The molecular formula is C25H24F3N5O5. The van der Waals surface area contributed by atoms with Crippen molar-refractivity contribution in [3.8, 4) is 11.3 Å². The van der Waals surface area contributed by atoms with Gasteiger partial charge in [-0.05, 0) is 19.1 Å². The Morgan fingerprint density at radius 1 is 1.16 bits per heavy atom. The first-order valence-electron chi connectivity index (χ1n) is 11.7. The number of carbonyl (C=O) groups is 1. The Balaban J connectivity index is 1.50. The highest BCUT2D eigenvalue weighted by molar-refractivity contribution is 5.99. The van der Waals surface area contributed by atoms with E-state index in [1.54, 1.807) is 6.92 Å². The second-order valence-corrected chi connectivity index (χ2v) is 8.89. The van der Waals surface area contributed by atoms with Gasteiger partial charge >= 0.3 is 0 Å². The zero-order valence-electron chi connectivity index (χ0n) is 20.3. The van der Waals surface area contributed by atoms with Crippen LogP contribution in [0.5, 0.6) is 0 Å². The molecule has 2 aliphatic rings. The van der Waals surface area contributed by atoms with Crippen LogP contribution >= 0.6 is 0 Å². The Bertz CT molecular complexity index is 1330. The maximum atomic E-state index is 13.8. The molecule has 2 fully saturated rings. The molecule has 0 aliphatic carbocycles. The van der Waals surface area contributed by atoms with E-state index in [9.17, 15) is 23.1 Å². The van der Waals surface area contributed by atoms with Crippen LogP contribution in [-0.2, 0) is 19.0 Å². The third-order valence-corrected chi connectivity index (χ3v) is 6.44. The quantitative estimate of drug-likeness (QED) is 0.301. The minimum atomic E-state index is -1.61. The van der Waals surface area contributed by atoms with Crippen LogP contribution in [0.2, 0.25) is 0 Å². The average Bonchev–Trinajstić information content (AvgIpc) is 3.41. The van der Waals surface area contributed by atoms with Crippen molar-refractivity contribution in [2.24, 2.45) is 4.99 Å². The van der Waals surface area contributed by atoms with E-state index in [0.717, 1.165) is 17.7 Å². The summed E-state index contributed by atoms with van der Waals surface area (Å²) in [7, 11) is 1.50. The number of amides is 1. The minimum Gasteiger partial charge on any atom is -0.387 e. The molecule has 2 aliphatic heterocycles. The van der Waals surface area contributed by atoms with Gasteiger partial charge in [-0.2, -0.15) is 0 Å². The van der Waals surface area contributed by atoms with E-state index in [-0.39, 0.29) is 17.9 Å². The number of fused-ring (bicyclic) bond motifs is 1. The predicted molar refractivity (Wildman–Crippen MR) is 126 cm³/mol. The Labute approximate surface area is 215 Å². The number of aliphatic imine (C=N–C) groups is 1. The highest BCUT2D eigenvalue weighted by Crippen LogP contribution is 2.39. The average molecular weight is 531 g/mol. The molecule has 2 N–H and O–H groups in total. The van der Waals surface area contributed by atoms with Gasteiger partial charge in [0, 0.05) is 18.2 Å². The molecule has 10 nitrogen and oxygen atoms in total. The first kappa shape index (κ1) is 26.0. The lowest BCUT2D eigenvalue weighted by Gasteiger charge is -2.47. The summed E-state index contributed by atoms with van der Waals surface area (Å²) in [6, 6.07) is 9.66. The number of hydrogen-bond acceptors (Lipinski definition) is 8. The van der Waals surface area contributed by atoms with E-state index in [0.29, 0.717) is 5.84 Å². The van der Waals surface area contributed by atoms with E-state index in [1.165, 1.54) is 17.9 Å². The van der Waals surface area contributed by atoms with Gasteiger partial charge in [-0.1, -0.05) is 35.5 Å². The summed E-state index contributed by atoms with van der Waals surface area (Å²) < 4.78 is 60.3. The molecule has 200 valence electrons. The maximum Gasteiger partial charge on any atom is 0.257 e. The van der Waals surface area contributed by atoms with Crippen molar-refractivity contribution >= 4 is 11.7 Å². The molecule has 38 heavy (non-hydrogen) atoms. The molecule has 0 spiro atoms. The van der Waals surface area contributed by atoms with Crippen LogP contribution in [0.15, 0.2) is 53.7 Å². The van der Waals surface area contributed by atoms with E-state index < -0.39 is 60.1 Å². The maximum absolute atomic E-state index is 13.8. The second-order valence-electron chi connectivity index (χ2n) is 8.89.